The average molecular weight is 158 g/mol. The van der Waals surface area contributed by atoms with Gasteiger partial charge in [-0.2, -0.15) is 0 Å². The third-order valence-electron chi connectivity index (χ3n) is 1.81. The summed E-state index contributed by atoms with van der Waals surface area (Å²) < 4.78 is 0. The summed E-state index contributed by atoms with van der Waals surface area (Å²) in [5.41, 5.74) is 0. The predicted octanol–water partition coefficient (Wildman–Crippen LogP) is -0.515. The molecule has 1 aliphatic rings. The molecule has 5 heteroatoms. The van der Waals surface area contributed by atoms with E-state index in [1.54, 1.807) is 0 Å². The van der Waals surface area contributed by atoms with E-state index >= 15 is 0 Å². The van der Waals surface area contributed by atoms with Gasteiger partial charge in [0.1, 0.15) is 6.04 Å². The highest BCUT2D eigenvalue weighted by atomic mass is 16.4. The SMILES string of the molecule is CNC(=O)[C@H]1CCN1C(=O)O. The number of hydrogen-bond donors (Lipinski definition) is 2. The molecule has 0 bridgehead atoms. The number of amides is 2. The van der Waals surface area contributed by atoms with Crippen LogP contribution in [-0.2, 0) is 4.79 Å². The highest BCUT2D eigenvalue weighted by Gasteiger charge is 2.36. The first-order chi connectivity index (χ1) is 5.16. The molecule has 5 nitrogen and oxygen atoms in total. The predicted molar refractivity (Wildman–Crippen MR) is 37.2 cm³/mol. The lowest BCUT2D eigenvalue weighted by atomic mass is 10.0. The molecule has 0 aliphatic carbocycles. The van der Waals surface area contributed by atoms with Crippen LogP contribution < -0.4 is 5.32 Å². The zero-order chi connectivity index (χ0) is 8.43. The maximum absolute atomic E-state index is 10.9. The van der Waals surface area contributed by atoms with Gasteiger partial charge < -0.3 is 10.4 Å². The van der Waals surface area contributed by atoms with Crippen molar-refractivity contribution in [2.75, 3.05) is 13.6 Å². The van der Waals surface area contributed by atoms with E-state index in [-0.39, 0.29) is 5.91 Å². The van der Waals surface area contributed by atoms with Gasteiger partial charge in [-0.15, -0.1) is 0 Å². The van der Waals surface area contributed by atoms with Crippen LogP contribution >= 0.6 is 0 Å². The summed E-state index contributed by atoms with van der Waals surface area (Å²) in [6, 6.07) is -0.461. The Morgan fingerprint density at radius 2 is 2.27 bits per heavy atom. The third-order valence-corrected chi connectivity index (χ3v) is 1.81. The zero-order valence-electron chi connectivity index (χ0n) is 6.20. The Balaban J connectivity index is 2.49. The Morgan fingerprint density at radius 3 is 2.55 bits per heavy atom. The quantitative estimate of drug-likeness (QED) is 0.539. The van der Waals surface area contributed by atoms with E-state index in [1.165, 1.54) is 7.05 Å². The van der Waals surface area contributed by atoms with Gasteiger partial charge >= 0.3 is 6.09 Å². The van der Waals surface area contributed by atoms with Gasteiger partial charge in [0.15, 0.2) is 0 Å². The van der Waals surface area contributed by atoms with Gasteiger partial charge in [-0.05, 0) is 6.42 Å². The summed E-state index contributed by atoms with van der Waals surface area (Å²) in [6.45, 7) is 0.466. The van der Waals surface area contributed by atoms with Gasteiger partial charge in [0.05, 0.1) is 0 Å². The number of carbonyl (C=O) groups excluding carboxylic acids is 1. The van der Waals surface area contributed by atoms with Crippen LogP contribution in [0.15, 0.2) is 0 Å². The first-order valence-corrected chi connectivity index (χ1v) is 3.38. The van der Waals surface area contributed by atoms with Crippen molar-refractivity contribution in [1.82, 2.24) is 10.2 Å². The van der Waals surface area contributed by atoms with Crippen LogP contribution in [0.5, 0.6) is 0 Å². The zero-order valence-corrected chi connectivity index (χ0v) is 6.20. The van der Waals surface area contributed by atoms with Crippen molar-refractivity contribution in [3.63, 3.8) is 0 Å². The average Bonchev–Trinajstić information content (AvgIpc) is 1.83. The molecule has 62 valence electrons. The van der Waals surface area contributed by atoms with E-state index in [2.05, 4.69) is 5.32 Å². The van der Waals surface area contributed by atoms with Crippen molar-refractivity contribution in [2.45, 2.75) is 12.5 Å². The fourth-order valence-corrected chi connectivity index (χ4v) is 1.06. The minimum absolute atomic E-state index is 0.223. The van der Waals surface area contributed by atoms with Crippen molar-refractivity contribution in [2.24, 2.45) is 0 Å². The van der Waals surface area contributed by atoms with Crippen LogP contribution in [0.1, 0.15) is 6.42 Å². The van der Waals surface area contributed by atoms with Gasteiger partial charge in [-0.3, -0.25) is 9.69 Å². The van der Waals surface area contributed by atoms with Gasteiger partial charge in [0.25, 0.3) is 0 Å². The largest absolute Gasteiger partial charge is 0.465 e. The molecule has 11 heavy (non-hydrogen) atoms. The minimum atomic E-state index is -1.02. The first-order valence-electron chi connectivity index (χ1n) is 3.38. The summed E-state index contributed by atoms with van der Waals surface area (Å²) in [5.74, 6) is -0.223. The third kappa shape index (κ3) is 1.26. The molecule has 0 spiro atoms. The number of likely N-dealkylation sites (tertiary alicyclic amines) is 1. The van der Waals surface area contributed by atoms with Crippen molar-refractivity contribution in [3.05, 3.63) is 0 Å². The molecule has 2 N–H and O–H groups in total. The van der Waals surface area contributed by atoms with Gasteiger partial charge in [-0.1, -0.05) is 0 Å². The summed E-state index contributed by atoms with van der Waals surface area (Å²) in [4.78, 5) is 22.4. The molecule has 1 rings (SSSR count). The molecule has 1 heterocycles. The van der Waals surface area contributed by atoms with Gasteiger partial charge in [0.2, 0.25) is 5.91 Å². The highest BCUT2D eigenvalue weighted by molar-refractivity contribution is 5.86. The lowest BCUT2D eigenvalue weighted by Gasteiger charge is -2.36. The fourth-order valence-electron chi connectivity index (χ4n) is 1.06. The Labute approximate surface area is 64.0 Å². The molecule has 0 aromatic rings. The second-order valence-electron chi connectivity index (χ2n) is 2.39. The minimum Gasteiger partial charge on any atom is -0.465 e. The summed E-state index contributed by atoms with van der Waals surface area (Å²) in [5, 5.41) is 10.9. The Bertz CT molecular complexity index is 192. The number of carboxylic acid groups (broad SMARTS) is 1. The van der Waals surface area contributed by atoms with E-state index in [1.807, 2.05) is 0 Å². The molecule has 0 aromatic heterocycles. The van der Waals surface area contributed by atoms with E-state index in [9.17, 15) is 9.59 Å². The van der Waals surface area contributed by atoms with Gasteiger partial charge in [-0.25, -0.2) is 4.79 Å². The van der Waals surface area contributed by atoms with Crippen LogP contribution in [0.2, 0.25) is 0 Å². The van der Waals surface area contributed by atoms with Crippen molar-refractivity contribution in [1.29, 1.82) is 0 Å². The molecule has 0 saturated carbocycles. The lowest BCUT2D eigenvalue weighted by Crippen LogP contribution is -2.57. The van der Waals surface area contributed by atoms with Crippen LogP contribution in [0, 0.1) is 0 Å². The normalized spacial score (nSPS) is 22.3. The number of carbonyl (C=O) groups is 2. The molecule has 1 aliphatic heterocycles. The Morgan fingerprint density at radius 1 is 1.64 bits per heavy atom. The number of rotatable bonds is 1. The van der Waals surface area contributed by atoms with Crippen LogP contribution in [0.3, 0.4) is 0 Å². The second-order valence-corrected chi connectivity index (χ2v) is 2.39. The summed E-state index contributed by atoms with van der Waals surface area (Å²) >= 11 is 0. The number of hydrogen-bond acceptors (Lipinski definition) is 2. The maximum atomic E-state index is 10.9. The van der Waals surface area contributed by atoms with Crippen LogP contribution in [0.4, 0.5) is 4.79 Å². The van der Waals surface area contributed by atoms with Gasteiger partial charge in [0, 0.05) is 13.6 Å². The monoisotopic (exact) mass is 158 g/mol. The molecule has 0 aromatic carbocycles. The number of nitrogens with zero attached hydrogens (tertiary/aromatic N) is 1. The molecule has 0 unspecified atom stereocenters. The van der Waals surface area contributed by atoms with E-state index < -0.39 is 12.1 Å². The van der Waals surface area contributed by atoms with Crippen molar-refractivity contribution >= 4 is 12.0 Å². The van der Waals surface area contributed by atoms with Crippen LogP contribution in [0.25, 0.3) is 0 Å². The Hall–Kier alpha value is -1.26. The number of likely N-dealkylation sites (N-methyl/N-ethyl adjacent to an activating group) is 1. The maximum Gasteiger partial charge on any atom is 0.407 e. The van der Waals surface area contributed by atoms with Crippen molar-refractivity contribution in [3.8, 4) is 0 Å². The summed E-state index contributed by atoms with van der Waals surface area (Å²) in [6.07, 6.45) is -0.392. The number of nitrogens with one attached hydrogen (secondary N) is 1. The fraction of sp³-hybridized carbons (Fsp3) is 0.667. The van der Waals surface area contributed by atoms with E-state index in [4.69, 9.17) is 5.11 Å². The molecule has 2 amide bonds. The standard InChI is InChI=1S/C6H10N2O3/c1-7-5(9)4-2-3-8(4)6(10)11/h4H,2-3H2,1H3,(H,7,9)(H,10,11)/t4-/m1/s1. The molecular formula is C6H10N2O3. The molecule has 0 radical (unpaired) electrons. The molecular weight excluding hydrogens is 148 g/mol. The van der Waals surface area contributed by atoms with Crippen molar-refractivity contribution < 1.29 is 14.7 Å². The lowest BCUT2D eigenvalue weighted by molar-refractivity contribution is -0.128. The van der Waals surface area contributed by atoms with Crippen LogP contribution in [-0.4, -0.2) is 41.6 Å². The smallest absolute Gasteiger partial charge is 0.407 e. The molecule has 1 atom stereocenters. The Kier molecular flexibility index (Phi) is 1.98. The summed E-state index contributed by atoms with van der Waals surface area (Å²) in [7, 11) is 1.50. The highest BCUT2D eigenvalue weighted by Crippen LogP contribution is 2.16. The molecule has 1 fully saturated rings. The topological polar surface area (TPSA) is 69.6 Å². The van der Waals surface area contributed by atoms with E-state index in [0.717, 1.165) is 4.90 Å². The molecule has 1 saturated heterocycles. The van der Waals surface area contributed by atoms with E-state index in [0.29, 0.717) is 13.0 Å². The second kappa shape index (κ2) is 2.77. The first kappa shape index (κ1) is 7.84.